The van der Waals surface area contributed by atoms with E-state index in [1.54, 1.807) is 4.90 Å². The van der Waals surface area contributed by atoms with Gasteiger partial charge in [-0.2, -0.15) is 26.3 Å². The SMILES string of the molecule is CNc1cc(C(F)(F)F)cc(C(F)(F)F)c1.COC(=O)C1(C(C)O)CC(=O)N(c2c(C)cccc2C)C1. The van der Waals surface area contributed by atoms with Crippen LogP contribution in [0.1, 0.15) is 35.6 Å². The Morgan fingerprint density at radius 2 is 1.54 bits per heavy atom. The maximum atomic E-state index is 12.4. The van der Waals surface area contributed by atoms with Gasteiger partial charge in [-0.15, -0.1) is 0 Å². The molecule has 0 bridgehead atoms. The number of amides is 1. The molecule has 2 aromatic rings. The highest BCUT2D eigenvalue weighted by molar-refractivity contribution is 6.02. The van der Waals surface area contributed by atoms with Crippen LogP contribution in [0.25, 0.3) is 0 Å². The molecule has 2 unspecified atom stereocenters. The van der Waals surface area contributed by atoms with Gasteiger partial charge in [0.1, 0.15) is 5.41 Å². The van der Waals surface area contributed by atoms with Gasteiger partial charge in [-0.1, -0.05) is 18.2 Å². The van der Waals surface area contributed by atoms with E-state index in [1.165, 1.54) is 21.1 Å². The molecule has 0 saturated carbocycles. The van der Waals surface area contributed by atoms with Gasteiger partial charge in [-0.25, -0.2) is 0 Å². The number of aryl methyl sites for hydroxylation is 2. The second kappa shape index (κ2) is 11.0. The first-order chi connectivity index (χ1) is 17.0. The number of hydrogen-bond donors (Lipinski definition) is 2. The first-order valence-electron chi connectivity index (χ1n) is 11.1. The van der Waals surface area contributed by atoms with Crippen LogP contribution < -0.4 is 10.2 Å². The molecule has 0 aromatic heterocycles. The summed E-state index contributed by atoms with van der Waals surface area (Å²) in [5.74, 6) is -0.710. The van der Waals surface area contributed by atoms with Crippen molar-refractivity contribution >= 4 is 23.3 Å². The predicted octanol–water partition coefficient (Wildman–Crippen LogP) is 5.35. The largest absolute Gasteiger partial charge is 0.468 e. The quantitative estimate of drug-likeness (QED) is 0.409. The maximum absolute atomic E-state index is 12.4. The third-order valence-electron chi connectivity index (χ3n) is 6.19. The minimum atomic E-state index is -4.80. The summed E-state index contributed by atoms with van der Waals surface area (Å²) in [7, 11) is 2.52. The molecule has 1 fully saturated rings. The molecule has 1 aliphatic rings. The fraction of sp³-hybridized carbons (Fsp3) is 0.440. The number of carbonyl (C=O) groups excluding carboxylic acids is 2. The van der Waals surface area contributed by atoms with Crippen LogP contribution in [0.3, 0.4) is 0 Å². The Morgan fingerprint density at radius 3 is 1.92 bits per heavy atom. The zero-order chi connectivity index (χ0) is 28.3. The Bertz CT molecular complexity index is 1090. The molecule has 2 N–H and O–H groups in total. The molecule has 37 heavy (non-hydrogen) atoms. The summed E-state index contributed by atoms with van der Waals surface area (Å²) in [5.41, 5.74) is -1.33. The Morgan fingerprint density at radius 1 is 1.05 bits per heavy atom. The first kappa shape index (κ1) is 29.9. The summed E-state index contributed by atoms with van der Waals surface area (Å²) in [6.45, 7) is 5.52. The molecule has 3 rings (SSSR count). The van der Waals surface area contributed by atoms with Gasteiger partial charge in [0.05, 0.1) is 24.3 Å². The van der Waals surface area contributed by atoms with Crippen molar-refractivity contribution in [3.63, 3.8) is 0 Å². The molecule has 204 valence electrons. The number of halogens is 6. The number of nitrogens with zero attached hydrogens (tertiary/aromatic N) is 1. The van der Waals surface area contributed by atoms with Crippen molar-refractivity contribution in [2.24, 2.45) is 5.41 Å². The average molecular weight is 534 g/mol. The van der Waals surface area contributed by atoms with Gasteiger partial charge in [0.2, 0.25) is 5.91 Å². The number of rotatable bonds is 4. The molecular weight excluding hydrogens is 506 g/mol. The minimum absolute atomic E-state index is 0.0366. The monoisotopic (exact) mass is 534 g/mol. The van der Waals surface area contributed by atoms with Crippen LogP contribution in [0.2, 0.25) is 0 Å². The lowest BCUT2D eigenvalue weighted by Gasteiger charge is -2.29. The van der Waals surface area contributed by atoms with Crippen LogP contribution in [-0.2, 0) is 26.7 Å². The first-order valence-corrected chi connectivity index (χ1v) is 11.1. The van der Waals surface area contributed by atoms with Crippen molar-refractivity contribution in [3.05, 3.63) is 58.7 Å². The molecule has 1 heterocycles. The van der Waals surface area contributed by atoms with Gasteiger partial charge < -0.3 is 20.1 Å². The molecule has 12 heteroatoms. The number of esters is 1. The van der Waals surface area contributed by atoms with Gasteiger partial charge in [-0.05, 0) is 50.1 Å². The third kappa shape index (κ3) is 6.54. The normalized spacial score (nSPS) is 18.7. The van der Waals surface area contributed by atoms with E-state index in [-0.39, 0.29) is 30.6 Å². The number of hydrogen-bond acceptors (Lipinski definition) is 5. The van der Waals surface area contributed by atoms with E-state index in [4.69, 9.17) is 4.74 Å². The van der Waals surface area contributed by atoms with Crippen LogP contribution in [-0.4, -0.2) is 43.8 Å². The smallest absolute Gasteiger partial charge is 0.416 e. The molecule has 0 radical (unpaired) electrons. The topological polar surface area (TPSA) is 78.9 Å². The highest BCUT2D eigenvalue weighted by atomic mass is 19.4. The summed E-state index contributed by atoms with van der Waals surface area (Å²) >= 11 is 0. The van der Waals surface area contributed by atoms with Crippen molar-refractivity contribution < 1.29 is 45.8 Å². The Kier molecular flexibility index (Phi) is 8.90. The molecule has 1 saturated heterocycles. The van der Waals surface area contributed by atoms with Gasteiger partial charge in [0.25, 0.3) is 0 Å². The van der Waals surface area contributed by atoms with Crippen molar-refractivity contribution in [2.75, 3.05) is 30.9 Å². The number of aliphatic hydroxyl groups is 1. The molecule has 1 aliphatic heterocycles. The van der Waals surface area contributed by atoms with Crippen LogP contribution in [0.4, 0.5) is 37.7 Å². The van der Waals surface area contributed by atoms with Crippen molar-refractivity contribution in [1.82, 2.24) is 0 Å². The van der Waals surface area contributed by atoms with Gasteiger partial charge >= 0.3 is 18.3 Å². The third-order valence-corrected chi connectivity index (χ3v) is 6.19. The highest BCUT2D eigenvalue weighted by Crippen LogP contribution is 2.41. The fourth-order valence-corrected chi connectivity index (χ4v) is 4.12. The number of aliphatic hydroxyl groups excluding tert-OH is 1. The molecule has 2 aromatic carbocycles. The van der Waals surface area contributed by atoms with E-state index in [0.29, 0.717) is 12.1 Å². The molecule has 0 spiro atoms. The zero-order valence-corrected chi connectivity index (χ0v) is 20.8. The number of ether oxygens (including phenoxy) is 1. The number of carbonyl (C=O) groups is 2. The summed E-state index contributed by atoms with van der Waals surface area (Å²) in [6, 6.07) is 7.11. The Balaban J connectivity index is 0.000000271. The van der Waals surface area contributed by atoms with Crippen molar-refractivity contribution in [3.8, 4) is 0 Å². The summed E-state index contributed by atoms with van der Waals surface area (Å²) in [4.78, 5) is 26.1. The lowest BCUT2D eigenvalue weighted by Crippen LogP contribution is -2.44. The maximum Gasteiger partial charge on any atom is 0.416 e. The second-order valence-electron chi connectivity index (χ2n) is 8.77. The zero-order valence-electron chi connectivity index (χ0n) is 20.8. The van der Waals surface area contributed by atoms with Crippen LogP contribution >= 0.6 is 0 Å². The van der Waals surface area contributed by atoms with E-state index in [2.05, 4.69) is 5.32 Å². The molecular formula is C25H28F6N2O4. The number of nitrogens with one attached hydrogen (secondary N) is 1. The summed E-state index contributed by atoms with van der Waals surface area (Å²) < 4.78 is 78.5. The Hall–Kier alpha value is -3.28. The number of methoxy groups -OCH3 is 1. The molecule has 2 atom stereocenters. The lowest BCUT2D eigenvalue weighted by atomic mass is 9.82. The van der Waals surface area contributed by atoms with E-state index in [1.807, 2.05) is 32.0 Å². The number of benzene rings is 2. The van der Waals surface area contributed by atoms with Gasteiger partial charge in [0.15, 0.2) is 0 Å². The number of anilines is 2. The van der Waals surface area contributed by atoms with E-state index in [0.717, 1.165) is 16.8 Å². The van der Waals surface area contributed by atoms with Gasteiger partial charge in [0, 0.05) is 31.4 Å². The lowest BCUT2D eigenvalue weighted by molar-refractivity contribution is -0.158. The van der Waals surface area contributed by atoms with E-state index in [9.17, 15) is 41.0 Å². The molecule has 6 nitrogen and oxygen atoms in total. The van der Waals surface area contributed by atoms with E-state index < -0.39 is 41.0 Å². The molecule has 0 aliphatic carbocycles. The highest BCUT2D eigenvalue weighted by Gasteiger charge is 2.54. The standard InChI is InChI=1S/C16H21NO4.C9H7F6N/c1-10-6-5-7-11(2)14(10)17-9-16(12(3)18,8-13(17)19)15(20)21-4;1-16-7-3-5(8(10,11)12)2-6(4-7)9(13,14)15/h5-7,12,18H,8-9H2,1-4H3;2-4,16H,1H3. The minimum Gasteiger partial charge on any atom is -0.468 e. The summed E-state index contributed by atoms with van der Waals surface area (Å²) in [6.07, 6.45) is -10.6. The second-order valence-corrected chi connectivity index (χ2v) is 8.77. The average Bonchev–Trinajstić information content (AvgIpc) is 3.15. The van der Waals surface area contributed by atoms with Crippen LogP contribution in [0.5, 0.6) is 0 Å². The number of para-hydroxylation sites is 1. The van der Waals surface area contributed by atoms with Crippen LogP contribution in [0.15, 0.2) is 36.4 Å². The van der Waals surface area contributed by atoms with Crippen molar-refractivity contribution in [2.45, 2.75) is 45.6 Å². The fourth-order valence-electron chi connectivity index (χ4n) is 4.12. The van der Waals surface area contributed by atoms with Gasteiger partial charge in [-0.3, -0.25) is 9.59 Å². The van der Waals surface area contributed by atoms with E-state index >= 15 is 0 Å². The van der Waals surface area contributed by atoms with Crippen LogP contribution in [0, 0.1) is 19.3 Å². The predicted molar refractivity (Wildman–Crippen MR) is 125 cm³/mol. The van der Waals surface area contributed by atoms with Crippen molar-refractivity contribution in [1.29, 1.82) is 0 Å². The Labute approximate surface area is 210 Å². The summed E-state index contributed by atoms with van der Waals surface area (Å²) in [5, 5.41) is 12.3. The molecule has 1 amide bonds. The number of alkyl halides is 6.